The van der Waals surface area contributed by atoms with Crippen LogP contribution >= 0.6 is 0 Å². The molecule has 0 saturated heterocycles. The predicted molar refractivity (Wildman–Crippen MR) is 85.0 cm³/mol. The van der Waals surface area contributed by atoms with E-state index in [-0.39, 0.29) is 12.5 Å². The quantitative estimate of drug-likeness (QED) is 0.639. The first-order valence-corrected chi connectivity index (χ1v) is 7.26. The van der Waals surface area contributed by atoms with E-state index in [4.69, 9.17) is 5.11 Å². The van der Waals surface area contributed by atoms with Gasteiger partial charge in [0.15, 0.2) is 0 Å². The number of hydrogen-bond donors (Lipinski definition) is 4. The highest BCUT2D eigenvalue weighted by atomic mass is 16.4. The van der Waals surface area contributed by atoms with Crippen LogP contribution in [0.3, 0.4) is 0 Å². The molecule has 2 aromatic rings. The molecule has 0 saturated carbocycles. The fourth-order valence-electron chi connectivity index (χ4n) is 2.19. The van der Waals surface area contributed by atoms with E-state index in [0.29, 0.717) is 5.69 Å². The molecule has 2 amide bonds. The van der Waals surface area contributed by atoms with Crippen LogP contribution in [0.5, 0.6) is 0 Å². The van der Waals surface area contributed by atoms with E-state index in [1.54, 1.807) is 19.9 Å². The summed E-state index contributed by atoms with van der Waals surface area (Å²) in [4.78, 5) is 37.8. The van der Waals surface area contributed by atoms with Crippen molar-refractivity contribution >= 4 is 28.7 Å². The number of aliphatic carboxylic acids is 1. The number of H-pyrrole nitrogens is 1. The number of carbonyl (C=O) groups excluding carboxylic acids is 2. The summed E-state index contributed by atoms with van der Waals surface area (Å²) < 4.78 is 0. The summed E-state index contributed by atoms with van der Waals surface area (Å²) in [5.74, 6) is -2.32. The van der Waals surface area contributed by atoms with Gasteiger partial charge in [-0.3, -0.25) is 9.59 Å². The molecule has 122 valence electrons. The van der Waals surface area contributed by atoms with Crippen molar-refractivity contribution in [3.8, 4) is 0 Å². The molecule has 4 N–H and O–H groups in total. The van der Waals surface area contributed by atoms with Crippen molar-refractivity contribution in [3.05, 3.63) is 36.0 Å². The van der Waals surface area contributed by atoms with Crippen LogP contribution < -0.4 is 10.6 Å². The Hall–Kier alpha value is -2.83. The number of fused-ring (bicyclic) bond motifs is 1. The van der Waals surface area contributed by atoms with Gasteiger partial charge in [-0.05, 0) is 18.1 Å². The standard InChI is InChI=1S/C16H19N3O4/c1-9(2)14(16(22)23)19-13(20)8-17-15(21)12-7-10-5-3-4-6-11(10)18-12/h3-7,9,14,18H,8H2,1-2H3,(H,17,21)(H,19,20)(H,22,23). The van der Waals surface area contributed by atoms with Crippen LogP contribution in [0.15, 0.2) is 30.3 Å². The fraction of sp³-hybridized carbons (Fsp3) is 0.312. The van der Waals surface area contributed by atoms with Gasteiger partial charge in [-0.25, -0.2) is 4.79 Å². The monoisotopic (exact) mass is 317 g/mol. The van der Waals surface area contributed by atoms with Gasteiger partial charge in [-0.2, -0.15) is 0 Å². The highest BCUT2D eigenvalue weighted by molar-refractivity contribution is 5.99. The van der Waals surface area contributed by atoms with Crippen LogP contribution in [-0.2, 0) is 9.59 Å². The molecule has 1 aromatic heterocycles. The number of aromatic nitrogens is 1. The minimum absolute atomic E-state index is 0.249. The Bertz CT molecular complexity index is 703. The van der Waals surface area contributed by atoms with Gasteiger partial charge in [-0.15, -0.1) is 0 Å². The lowest BCUT2D eigenvalue weighted by atomic mass is 10.1. The number of benzene rings is 1. The lowest BCUT2D eigenvalue weighted by Crippen LogP contribution is -2.48. The van der Waals surface area contributed by atoms with Gasteiger partial charge in [-0.1, -0.05) is 32.0 Å². The van der Waals surface area contributed by atoms with Crippen molar-refractivity contribution in [2.45, 2.75) is 19.9 Å². The molecule has 7 nitrogen and oxygen atoms in total. The van der Waals surface area contributed by atoms with Crippen molar-refractivity contribution in [3.63, 3.8) is 0 Å². The lowest BCUT2D eigenvalue weighted by molar-refractivity contribution is -0.142. The summed E-state index contributed by atoms with van der Waals surface area (Å²) in [6.07, 6.45) is 0. The maximum absolute atomic E-state index is 12.0. The number of nitrogens with one attached hydrogen (secondary N) is 3. The molecule has 1 atom stereocenters. The number of carbonyl (C=O) groups is 3. The summed E-state index contributed by atoms with van der Waals surface area (Å²) in [5.41, 5.74) is 1.17. The number of carboxylic acids is 1. The Labute approximate surface area is 133 Å². The van der Waals surface area contributed by atoms with Crippen molar-refractivity contribution in [1.82, 2.24) is 15.6 Å². The first kappa shape index (κ1) is 16.5. The second kappa shape index (κ2) is 6.95. The average Bonchev–Trinajstić information content (AvgIpc) is 2.93. The Kier molecular flexibility index (Phi) is 5.00. The normalized spacial score (nSPS) is 12.1. The minimum atomic E-state index is -1.10. The average molecular weight is 317 g/mol. The minimum Gasteiger partial charge on any atom is -0.480 e. The zero-order chi connectivity index (χ0) is 17.0. The molecule has 7 heteroatoms. The number of amides is 2. The number of para-hydroxylation sites is 1. The third kappa shape index (κ3) is 4.09. The maximum atomic E-state index is 12.0. The SMILES string of the molecule is CC(C)C(NC(=O)CNC(=O)c1cc2ccccc2[nH]1)C(=O)O. The molecule has 2 rings (SSSR count). The Morgan fingerprint density at radius 2 is 1.91 bits per heavy atom. The highest BCUT2D eigenvalue weighted by Crippen LogP contribution is 2.14. The number of aromatic amines is 1. The zero-order valence-corrected chi connectivity index (χ0v) is 12.9. The van der Waals surface area contributed by atoms with Crippen molar-refractivity contribution in [2.24, 2.45) is 5.92 Å². The Morgan fingerprint density at radius 1 is 1.22 bits per heavy atom. The lowest BCUT2D eigenvalue weighted by Gasteiger charge is -2.17. The zero-order valence-electron chi connectivity index (χ0n) is 12.9. The second-order valence-electron chi connectivity index (χ2n) is 5.58. The van der Waals surface area contributed by atoms with Crippen LogP contribution in [0.4, 0.5) is 0 Å². The van der Waals surface area contributed by atoms with E-state index in [1.165, 1.54) is 0 Å². The van der Waals surface area contributed by atoms with E-state index in [0.717, 1.165) is 10.9 Å². The summed E-state index contributed by atoms with van der Waals surface area (Å²) in [6, 6.07) is 8.15. The van der Waals surface area contributed by atoms with E-state index in [9.17, 15) is 14.4 Å². The molecule has 1 heterocycles. The molecule has 0 aliphatic heterocycles. The third-order valence-corrected chi connectivity index (χ3v) is 3.43. The van der Waals surface area contributed by atoms with Crippen molar-refractivity contribution in [1.29, 1.82) is 0 Å². The first-order valence-electron chi connectivity index (χ1n) is 7.26. The van der Waals surface area contributed by atoms with Gasteiger partial charge in [0.25, 0.3) is 5.91 Å². The fourth-order valence-corrected chi connectivity index (χ4v) is 2.19. The van der Waals surface area contributed by atoms with Gasteiger partial charge < -0.3 is 20.7 Å². The van der Waals surface area contributed by atoms with Gasteiger partial charge in [0.05, 0.1) is 6.54 Å². The first-order chi connectivity index (χ1) is 10.9. The van der Waals surface area contributed by atoms with Crippen LogP contribution in [0.1, 0.15) is 24.3 Å². The summed E-state index contributed by atoms with van der Waals surface area (Å²) in [6.45, 7) is 3.11. The maximum Gasteiger partial charge on any atom is 0.326 e. The van der Waals surface area contributed by atoms with Crippen LogP contribution in [0.2, 0.25) is 0 Å². The van der Waals surface area contributed by atoms with Crippen LogP contribution in [-0.4, -0.2) is 40.5 Å². The van der Waals surface area contributed by atoms with E-state index >= 15 is 0 Å². The molecule has 0 aliphatic rings. The smallest absolute Gasteiger partial charge is 0.326 e. The topological polar surface area (TPSA) is 111 Å². The molecule has 0 fully saturated rings. The number of hydrogen-bond acceptors (Lipinski definition) is 3. The molecule has 23 heavy (non-hydrogen) atoms. The van der Waals surface area contributed by atoms with Crippen LogP contribution in [0.25, 0.3) is 10.9 Å². The summed E-state index contributed by atoms with van der Waals surface area (Å²) in [7, 11) is 0. The van der Waals surface area contributed by atoms with Gasteiger partial charge in [0.1, 0.15) is 11.7 Å². The van der Waals surface area contributed by atoms with Crippen LogP contribution in [0, 0.1) is 5.92 Å². The Morgan fingerprint density at radius 3 is 2.52 bits per heavy atom. The molecule has 1 aromatic carbocycles. The van der Waals surface area contributed by atoms with E-state index in [1.807, 2.05) is 24.3 Å². The third-order valence-electron chi connectivity index (χ3n) is 3.43. The second-order valence-corrected chi connectivity index (χ2v) is 5.58. The number of rotatable bonds is 6. The van der Waals surface area contributed by atoms with Crippen molar-refractivity contribution < 1.29 is 19.5 Å². The predicted octanol–water partition coefficient (Wildman–Crippen LogP) is 1.12. The van der Waals surface area contributed by atoms with Gasteiger partial charge in [0, 0.05) is 10.9 Å². The molecule has 0 bridgehead atoms. The summed E-state index contributed by atoms with van der Waals surface area (Å²) in [5, 5.41) is 14.8. The van der Waals surface area contributed by atoms with Gasteiger partial charge >= 0.3 is 5.97 Å². The van der Waals surface area contributed by atoms with E-state index < -0.39 is 23.8 Å². The summed E-state index contributed by atoms with van der Waals surface area (Å²) >= 11 is 0. The molecular formula is C16H19N3O4. The molecule has 0 spiro atoms. The highest BCUT2D eigenvalue weighted by Gasteiger charge is 2.23. The molecule has 1 unspecified atom stereocenters. The molecule has 0 aliphatic carbocycles. The molecular weight excluding hydrogens is 298 g/mol. The number of carboxylic acid groups (broad SMARTS) is 1. The van der Waals surface area contributed by atoms with Gasteiger partial charge in [0.2, 0.25) is 5.91 Å². The molecule has 0 radical (unpaired) electrons. The van der Waals surface area contributed by atoms with E-state index in [2.05, 4.69) is 15.6 Å². The Balaban J connectivity index is 1.93. The largest absolute Gasteiger partial charge is 0.480 e. The van der Waals surface area contributed by atoms with Crippen molar-refractivity contribution in [2.75, 3.05) is 6.54 Å².